The molecule has 1 aliphatic carbocycles. The van der Waals surface area contributed by atoms with Crippen molar-refractivity contribution in [1.82, 2.24) is 0 Å². The highest BCUT2D eigenvalue weighted by atomic mass is 14.4. The predicted molar refractivity (Wildman–Crippen MR) is 55.6 cm³/mol. The number of rotatable bonds is 0. The number of nitriles is 1. The van der Waals surface area contributed by atoms with Crippen LogP contribution in [-0.2, 0) is 0 Å². The molecular formula is C11H16BN. The summed E-state index contributed by atoms with van der Waals surface area (Å²) in [6.45, 7) is 4.53. The molecule has 0 unspecified atom stereocenters. The van der Waals surface area contributed by atoms with Crippen LogP contribution in [0.5, 0.6) is 0 Å². The van der Waals surface area contributed by atoms with Crippen molar-refractivity contribution >= 4 is 6.71 Å². The van der Waals surface area contributed by atoms with Crippen LogP contribution >= 0.6 is 0 Å². The minimum atomic E-state index is 0.332. The zero-order valence-electron chi connectivity index (χ0n) is 8.18. The van der Waals surface area contributed by atoms with Gasteiger partial charge >= 0.3 is 0 Å². The van der Waals surface area contributed by atoms with Crippen LogP contribution in [0, 0.1) is 16.6 Å². The number of hydrogen-bond donors (Lipinski definition) is 0. The van der Waals surface area contributed by atoms with Gasteiger partial charge in [-0.05, 0) is 37.5 Å². The van der Waals surface area contributed by atoms with Gasteiger partial charge in [0.05, 0.1) is 0 Å². The van der Waals surface area contributed by atoms with Gasteiger partial charge in [0.25, 0.3) is 6.71 Å². The van der Waals surface area contributed by atoms with E-state index in [1.54, 1.807) is 0 Å². The Kier molecular flexibility index (Phi) is 2.19. The molecule has 2 rings (SSSR count). The summed E-state index contributed by atoms with van der Waals surface area (Å²) >= 11 is 0. The fraction of sp³-hybridized carbons (Fsp3) is 0.727. The van der Waals surface area contributed by atoms with Gasteiger partial charge in [0.2, 0.25) is 0 Å². The van der Waals surface area contributed by atoms with Crippen molar-refractivity contribution in [2.75, 3.05) is 0 Å². The van der Waals surface area contributed by atoms with Crippen LogP contribution in [0.2, 0.25) is 12.6 Å². The normalized spacial score (nSPS) is 26.4. The first kappa shape index (κ1) is 8.87. The third kappa shape index (κ3) is 1.41. The first-order valence-electron chi connectivity index (χ1n) is 5.35. The third-order valence-corrected chi connectivity index (χ3v) is 4.01. The van der Waals surface area contributed by atoms with Gasteiger partial charge < -0.3 is 0 Å². The molecule has 1 aliphatic heterocycles. The second-order valence-electron chi connectivity index (χ2n) is 4.64. The Morgan fingerprint density at radius 3 is 2.46 bits per heavy atom. The molecule has 0 radical (unpaired) electrons. The Labute approximate surface area is 80.9 Å². The van der Waals surface area contributed by atoms with E-state index in [4.69, 9.17) is 5.26 Å². The van der Waals surface area contributed by atoms with E-state index in [0.717, 1.165) is 12.6 Å². The van der Waals surface area contributed by atoms with Gasteiger partial charge in [-0.1, -0.05) is 24.8 Å². The molecule has 0 N–H and O–H groups in total. The minimum absolute atomic E-state index is 0.332. The van der Waals surface area contributed by atoms with E-state index in [9.17, 15) is 0 Å². The topological polar surface area (TPSA) is 23.8 Å². The maximum absolute atomic E-state index is 8.82. The summed E-state index contributed by atoms with van der Waals surface area (Å²) in [6, 6.07) is 0. The second kappa shape index (κ2) is 3.22. The van der Waals surface area contributed by atoms with Crippen molar-refractivity contribution in [3.8, 4) is 5.97 Å². The van der Waals surface area contributed by atoms with E-state index in [1.165, 1.54) is 37.7 Å². The van der Waals surface area contributed by atoms with Gasteiger partial charge in [-0.3, -0.25) is 0 Å². The van der Waals surface area contributed by atoms with Crippen LogP contribution in [0.3, 0.4) is 0 Å². The van der Waals surface area contributed by atoms with Gasteiger partial charge in [-0.15, -0.1) is 0 Å². The highest BCUT2D eigenvalue weighted by Crippen LogP contribution is 2.51. The quantitative estimate of drug-likeness (QED) is 0.408. The van der Waals surface area contributed by atoms with E-state index in [1.807, 2.05) is 0 Å². The summed E-state index contributed by atoms with van der Waals surface area (Å²) in [5, 5.41) is 8.82. The first-order valence-corrected chi connectivity index (χ1v) is 5.35. The van der Waals surface area contributed by atoms with E-state index < -0.39 is 0 Å². The Morgan fingerprint density at radius 1 is 1.31 bits per heavy atom. The average molecular weight is 173 g/mol. The zero-order chi connectivity index (χ0) is 9.31. The average Bonchev–Trinajstić information content (AvgIpc) is 2.50. The largest absolute Gasteiger partial charge is 0.267 e. The van der Waals surface area contributed by atoms with Gasteiger partial charge in [-0.2, -0.15) is 0 Å². The molecule has 0 atom stereocenters. The fourth-order valence-electron chi connectivity index (χ4n) is 2.99. The smallest absolute Gasteiger partial charge is 0.213 e. The summed E-state index contributed by atoms with van der Waals surface area (Å²) in [4.78, 5) is 0. The second-order valence-corrected chi connectivity index (χ2v) is 4.64. The minimum Gasteiger partial charge on any atom is -0.213 e. The van der Waals surface area contributed by atoms with Crippen LogP contribution in [0.1, 0.15) is 32.1 Å². The molecule has 1 saturated carbocycles. The lowest BCUT2D eigenvalue weighted by atomic mass is 9.39. The molecule has 1 heterocycles. The summed E-state index contributed by atoms with van der Waals surface area (Å²) in [7, 11) is 0. The molecule has 0 aromatic carbocycles. The van der Waals surface area contributed by atoms with Crippen molar-refractivity contribution in [2.24, 2.45) is 5.41 Å². The van der Waals surface area contributed by atoms with Crippen LogP contribution in [0.4, 0.5) is 0 Å². The highest BCUT2D eigenvalue weighted by Gasteiger charge is 2.41. The van der Waals surface area contributed by atoms with E-state index in [-0.39, 0.29) is 0 Å². The van der Waals surface area contributed by atoms with Gasteiger partial charge in [0, 0.05) is 5.97 Å². The van der Waals surface area contributed by atoms with Gasteiger partial charge in [-0.25, -0.2) is 5.26 Å². The Balaban J connectivity index is 2.04. The Bertz CT molecular complexity index is 256. The van der Waals surface area contributed by atoms with Crippen molar-refractivity contribution in [2.45, 2.75) is 44.7 Å². The molecular weight excluding hydrogens is 157 g/mol. The lowest BCUT2D eigenvalue weighted by Gasteiger charge is -2.35. The third-order valence-electron chi connectivity index (χ3n) is 4.01. The standard InChI is InChI=1S/C11H16BN/c1-10-3-2-4-11(10)5-7-12(9-13)8-6-11/h1-8H2. The summed E-state index contributed by atoms with van der Waals surface area (Å²) in [5.41, 5.74) is 1.94. The molecule has 0 bridgehead atoms. The first-order chi connectivity index (χ1) is 6.27. The molecule has 68 valence electrons. The zero-order valence-corrected chi connectivity index (χ0v) is 8.18. The molecule has 1 saturated heterocycles. The molecule has 2 heteroatoms. The van der Waals surface area contributed by atoms with E-state index in [0.29, 0.717) is 12.1 Å². The monoisotopic (exact) mass is 173 g/mol. The lowest BCUT2D eigenvalue weighted by Crippen LogP contribution is -2.29. The highest BCUT2D eigenvalue weighted by molar-refractivity contribution is 6.67. The molecule has 13 heavy (non-hydrogen) atoms. The van der Waals surface area contributed by atoms with Gasteiger partial charge in [0.1, 0.15) is 0 Å². The number of hydrogen-bond acceptors (Lipinski definition) is 1. The summed E-state index contributed by atoms with van der Waals surface area (Å²) in [5.74, 6) is 2.40. The predicted octanol–water partition coefficient (Wildman–Crippen LogP) is 3.06. The molecule has 0 aromatic rings. The SMILES string of the molecule is C=C1CCCC12CCB(C#N)CC2. The van der Waals surface area contributed by atoms with E-state index >= 15 is 0 Å². The van der Waals surface area contributed by atoms with Crippen molar-refractivity contribution in [3.05, 3.63) is 12.2 Å². The van der Waals surface area contributed by atoms with Crippen LogP contribution in [0.15, 0.2) is 12.2 Å². The molecule has 0 aromatic heterocycles. The molecule has 2 aliphatic rings. The van der Waals surface area contributed by atoms with Crippen LogP contribution in [-0.4, -0.2) is 6.71 Å². The molecule has 1 nitrogen and oxygen atoms in total. The molecule has 1 spiro atoms. The van der Waals surface area contributed by atoms with Crippen molar-refractivity contribution in [1.29, 1.82) is 5.26 Å². The summed E-state index contributed by atoms with van der Waals surface area (Å²) < 4.78 is 0. The van der Waals surface area contributed by atoms with Crippen LogP contribution < -0.4 is 0 Å². The number of allylic oxidation sites excluding steroid dienone is 1. The van der Waals surface area contributed by atoms with Gasteiger partial charge in [0.15, 0.2) is 0 Å². The molecule has 2 fully saturated rings. The maximum Gasteiger partial charge on any atom is 0.267 e. The Morgan fingerprint density at radius 2 is 2.00 bits per heavy atom. The fourth-order valence-corrected chi connectivity index (χ4v) is 2.99. The maximum atomic E-state index is 8.82. The van der Waals surface area contributed by atoms with E-state index in [2.05, 4.69) is 12.5 Å². The van der Waals surface area contributed by atoms with Crippen molar-refractivity contribution < 1.29 is 0 Å². The van der Waals surface area contributed by atoms with Crippen LogP contribution in [0.25, 0.3) is 0 Å². The van der Waals surface area contributed by atoms with Crippen molar-refractivity contribution in [3.63, 3.8) is 0 Å². The summed E-state index contributed by atoms with van der Waals surface area (Å²) in [6.07, 6.45) is 8.57. The number of nitrogens with zero attached hydrogens (tertiary/aromatic N) is 1. The Hall–Kier alpha value is -0.705. The lowest BCUT2D eigenvalue weighted by molar-refractivity contribution is 0.325. The molecule has 0 amide bonds.